The molecule has 21 heavy (non-hydrogen) atoms. The third-order valence-electron chi connectivity index (χ3n) is 4.05. The normalized spacial score (nSPS) is 21.5. The molecule has 1 atom stereocenters. The second-order valence-corrected chi connectivity index (χ2v) is 5.46. The Bertz CT molecular complexity index is 527. The van der Waals surface area contributed by atoms with Crippen LogP contribution >= 0.6 is 0 Å². The van der Waals surface area contributed by atoms with Crippen LogP contribution in [0.2, 0.25) is 0 Å². The lowest BCUT2D eigenvalue weighted by Crippen LogP contribution is -2.54. The zero-order valence-corrected chi connectivity index (χ0v) is 12.8. The summed E-state index contributed by atoms with van der Waals surface area (Å²) in [6, 6.07) is 7.56. The number of hydrogen-bond donors (Lipinski definition) is 1. The summed E-state index contributed by atoms with van der Waals surface area (Å²) in [4.78, 5) is 26.1. The van der Waals surface area contributed by atoms with E-state index >= 15 is 0 Å². The van der Waals surface area contributed by atoms with Crippen LogP contribution in [0.15, 0.2) is 24.3 Å². The quantitative estimate of drug-likeness (QED) is 0.898. The average molecular weight is 290 g/mol. The topological polar surface area (TPSA) is 58.6 Å². The predicted molar refractivity (Wildman–Crippen MR) is 79.9 cm³/mol. The molecule has 1 fully saturated rings. The number of benzene rings is 1. The van der Waals surface area contributed by atoms with Gasteiger partial charge in [0.1, 0.15) is 11.3 Å². The molecule has 1 aromatic rings. The van der Waals surface area contributed by atoms with Crippen molar-refractivity contribution in [3.63, 3.8) is 0 Å². The van der Waals surface area contributed by atoms with E-state index in [9.17, 15) is 9.59 Å². The lowest BCUT2D eigenvalue weighted by atomic mass is 9.97. The Hall–Kier alpha value is -2.04. The molecule has 1 aliphatic heterocycles. The van der Waals surface area contributed by atoms with Crippen molar-refractivity contribution in [2.75, 3.05) is 13.7 Å². The van der Waals surface area contributed by atoms with Crippen LogP contribution in [0.1, 0.15) is 32.3 Å². The molecule has 5 heteroatoms. The Morgan fingerprint density at radius 1 is 1.38 bits per heavy atom. The molecule has 0 aromatic heterocycles. The predicted octanol–water partition coefficient (Wildman–Crippen LogP) is 1.71. The van der Waals surface area contributed by atoms with Crippen molar-refractivity contribution < 1.29 is 14.3 Å². The molecule has 1 saturated heterocycles. The number of carbonyl (C=O) groups is 2. The second kappa shape index (κ2) is 6.16. The second-order valence-electron chi connectivity index (χ2n) is 5.46. The molecule has 0 aliphatic carbocycles. The average Bonchev–Trinajstić information content (AvgIpc) is 2.78. The van der Waals surface area contributed by atoms with Gasteiger partial charge in [0.2, 0.25) is 11.8 Å². The summed E-state index contributed by atoms with van der Waals surface area (Å²) in [6.07, 6.45) is 0.984. The Balaban J connectivity index is 2.18. The molecule has 0 bridgehead atoms. The molecule has 2 amide bonds. The third-order valence-corrected chi connectivity index (χ3v) is 4.05. The lowest BCUT2D eigenvalue weighted by Gasteiger charge is -2.34. The smallest absolute Gasteiger partial charge is 0.245 e. The summed E-state index contributed by atoms with van der Waals surface area (Å²) < 4.78 is 5.13. The van der Waals surface area contributed by atoms with E-state index in [4.69, 9.17) is 4.74 Å². The number of nitrogens with one attached hydrogen (secondary N) is 1. The highest BCUT2D eigenvalue weighted by Crippen LogP contribution is 2.32. The first-order valence-corrected chi connectivity index (χ1v) is 7.23. The Morgan fingerprint density at radius 3 is 2.62 bits per heavy atom. The van der Waals surface area contributed by atoms with Crippen molar-refractivity contribution in [1.29, 1.82) is 0 Å². The fourth-order valence-electron chi connectivity index (χ4n) is 2.66. The van der Waals surface area contributed by atoms with Crippen LogP contribution in [0.25, 0.3) is 0 Å². The van der Waals surface area contributed by atoms with E-state index in [0.717, 1.165) is 11.3 Å². The molecule has 0 saturated carbocycles. The van der Waals surface area contributed by atoms with Crippen molar-refractivity contribution in [2.24, 2.45) is 0 Å². The first-order valence-electron chi connectivity index (χ1n) is 7.23. The maximum Gasteiger partial charge on any atom is 0.245 e. The Morgan fingerprint density at radius 2 is 2.05 bits per heavy atom. The zero-order chi connectivity index (χ0) is 15.5. The van der Waals surface area contributed by atoms with Gasteiger partial charge in [-0.25, -0.2) is 0 Å². The molecular weight excluding hydrogens is 268 g/mol. The maximum atomic E-state index is 12.3. The minimum Gasteiger partial charge on any atom is -0.497 e. The summed E-state index contributed by atoms with van der Waals surface area (Å²) >= 11 is 0. The van der Waals surface area contributed by atoms with Crippen molar-refractivity contribution in [1.82, 2.24) is 10.2 Å². The number of amides is 2. The highest BCUT2D eigenvalue weighted by molar-refractivity contribution is 5.94. The van der Waals surface area contributed by atoms with Gasteiger partial charge in [0.15, 0.2) is 0 Å². The molecule has 0 spiro atoms. The number of carbonyl (C=O) groups excluding carboxylic acids is 2. The minimum atomic E-state index is -0.757. The van der Waals surface area contributed by atoms with Gasteiger partial charge in [-0.2, -0.15) is 0 Å². The molecule has 1 heterocycles. The van der Waals surface area contributed by atoms with E-state index in [1.165, 1.54) is 0 Å². The molecule has 0 radical (unpaired) electrons. The Kier molecular flexibility index (Phi) is 4.50. The van der Waals surface area contributed by atoms with Crippen LogP contribution in [0, 0.1) is 0 Å². The molecule has 114 valence electrons. The maximum absolute atomic E-state index is 12.3. The van der Waals surface area contributed by atoms with Gasteiger partial charge in [0.05, 0.1) is 7.11 Å². The van der Waals surface area contributed by atoms with E-state index in [2.05, 4.69) is 5.32 Å². The molecule has 2 rings (SSSR count). The number of methoxy groups -OCH3 is 1. The number of ether oxygens (including phenoxy) is 1. The molecule has 1 unspecified atom stereocenters. The number of nitrogens with zero attached hydrogens (tertiary/aromatic N) is 1. The van der Waals surface area contributed by atoms with Crippen LogP contribution in [0.5, 0.6) is 5.75 Å². The summed E-state index contributed by atoms with van der Waals surface area (Å²) in [5, 5.41) is 2.83. The molecule has 1 N–H and O–H groups in total. The molecule has 1 aliphatic rings. The van der Waals surface area contributed by atoms with E-state index in [1.807, 2.05) is 38.1 Å². The van der Waals surface area contributed by atoms with Crippen molar-refractivity contribution in [3.8, 4) is 5.75 Å². The van der Waals surface area contributed by atoms with Gasteiger partial charge in [-0.05, 0) is 38.0 Å². The van der Waals surface area contributed by atoms with Crippen molar-refractivity contribution in [2.45, 2.75) is 38.8 Å². The fraction of sp³-hybridized carbons (Fsp3) is 0.500. The van der Waals surface area contributed by atoms with Gasteiger partial charge in [-0.3, -0.25) is 9.59 Å². The summed E-state index contributed by atoms with van der Waals surface area (Å²) in [5.74, 6) is 0.724. The molecule has 1 aromatic carbocycles. The number of likely N-dealkylation sites (N-methyl/N-ethyl adjacent to an activating group) is 1. The van der Waals surface area contributed by atoms with Crippen LogP contribution in [-0.4, -0.2) is 35.9 Å². The van der Waals surface area contributed by atoms with Crippen molar-refractivity contribution >= 4 is 11.8 Å². The minimum absolute atomic E-state index is 0.0274. The lowest BCUT2D eigenvalue weighted by molar-refractivity contribution is -0.141. The molecular formula is C16H22N2O3. The largest absolute Gasteiger partial charge is 0.497 e. The molecule has 5 nitrogen and oxygen atoms in total. The standard InChI is InChI=1S/C16H22N2O3/c1-4-17-15(20)16(2)10-9-14(19)18(16)11-12-5-7-13(21-3)8-6-12/h5-8H,4,9-11H2,1-3H3,(H,17,20). The van der Waals surface area contributed by atoms with E-state index < -0.39 is 5.54 Å². The van der Waals surface area contributed by atoms with E-state index in [-0.39, 0.29) is 11.8 Å². The summed E-state index contributed by atoms with van der Waals surface area (Å²) in [5.41, 5.74) is 0.231. The highest BCUT2D eigenvalue weighted by Gasteiger charge is 2.46. The van der Waals surface area contributed by atoms with Crippen LogP contribution in [-0.2, 0) is 16.1 Å². The van der Waals surface area contributed by atoms with Gasteiger partial charge in [0, 0.05) is 19.5 Å². The number of likely N-dealkylation sites (tertiary alicyclic amines) is 1. The summed E-state index contributed by atoms with van der Waals surface area (Å²) in [6.45, 7) is 4.73. The van der Waals surface area contributed by atoms with Gasteiger partial charge >= 0.3 is 0 Å². The van der Waals surface area contributed by atoms with Crippen LogP contribution in [0.4, 0.5) is 0 Å². The van der Waals surface area contributed by atoms with E-state index in [0.29, 0.717) is 25.9 Å². The number of rotatable bonds is 5. The summed E-state index contributed by atoms with van der Waals surface area (Å²) in [7, 11) is 1.62. The fourth-order valence-corrected chi connectivity index (χ4v) is 2.66. The van der Waals surface area contributed by atoms with Gasteiger partial charge in [0.25, 0.3) is 0 Å². The van der Waals surface area contributed by atoms with Crippen molar-refractivity contribution in [3.05, 3.63) is 29.8 Å². The zero-order valence-electron chi connectivity index (χ0n) is 12.8. The highest BCUT2D eigenvalue weighted by atomic mass is 16.5. The first kappa shape index (κ1) is 15.4. The number of hydrogen-bond acceptors (Lipinski definition) is 3. The van der Waals surface area contributed by atoms with Crippen LogP contribution in [0.3, 0.4) is 0 Å². The first-order chi connectivity index (χ1) is 10.0. The van der Waals surface area contributed by atoms with Gasteiger partial charge in [-0.1, -0.05) is 12.1 Å². The monoisotopic (exact) mass is 290 g/mol. The van der Waals surface area contributed by atoms with Crippen LogP contribution < -0.4 is 10.1 Å². The van der Waals surface area contributed by atoms with Gasteiger partial charge < -0.3 is 15.0 Å². The van der Waals surface area contributed by atoms with Gasteiger partial charge in [-0.15, -0.1) is 0 Å². The Labute approximate surface area is 125 Å². The SMILES string of the molecule is CCNC(=O)C1(C)CCC(=O)N1Cc1ccc(OC)cc1. The van der Waals surface area contributed by atoms with E-state index in [1.54, 1.807) is 12.0 Å². The third kappa shape index (κ3) is 3.01.